The van der Waals surface area contributed by atoms with E-state index in [1.54, 1.807) is 11.8 Å². The van der Waals surface area contributed by atoms with Crippen LogP contribution >= 0.6 is 35.0 Å². The molecule has 0 aromatic heterocycles. The molecule has 0 saturated heterocycles. The summed E-state index contributed by atoms with van der Waals surface area (Å²) in [6.07, 6.45) is 0.127. The average molecular weight is 412 g/mol. The molecule has 0 bridgehead atoms. The largest absolute Gasteiger partial charge is 0.480 e. The van der Waals surface area contributed by atoms with Gasteiger partial charge in [0.15, 0.2) is 6.10 Å². The van der Waals surface area contributed by atoms with Crippen LogP contribution in [0.15, 0.2) is 42.5 Å². The minimum Gasteiger partial charge on any atom is -0.480 e. The molecular weight excluding hydrogens is 389 g/mol. The second-order valence-corrected chi connectivity index (χ2v) is 7.74. The molecule has 0 spiro atoms. The molecule has 1 amide bonds. The van der Waals surface area contributed by atoms with Crippen molar-refractivity contribution >= 4 is 40.9 Å². The van der Waals surface area contributed by atoms with E-state index in [0.717, 1.165) is 22.6 Å². The average Bonchev–Trinajstić information content (AvgIpc) is 2.62. The lowest BCUT2D eigenvalue weighted by molar-refractivity contribution is -0.128. The molecule has 0 heterocycles. The summed E-state index contributed by atoms with van der Waals surface area (Å²) >= 11 is 14.0. The van der Waals surface area contributed by atoms with Gasteiger partial charge in [0.25, 0.3) is 5.91 Å². The molecular formula is C20H23Cl2NO2S. The van der Waals surface area contributed by atoms with Crippen LogP contribution in [0, 0.1) is 6.92 Å². The summed E-state index contributed by atoms with van der Waals surface area (Å²) in [6.45, 7) is 4.48. The lowest BCUT2D eigenvalue weighted by Crippen LogP contribution is -2.39. The summed E-state index contributed by atoms with van der Waals surface area (Å²) in [5.74, 6) is 2.14. The van der Waals surface area contributed by atoms with E-state index in [1.165, 1.54) is 0 Å². The standard InChI is InChI=1S/C20H23Cl2NO2S/c1-3-18(25-19-10-5-4-7-14(19)2)20(24)23-11-12-26-13-15-16(21)8-6-9-17(15)22/h4-10,18H,3,11-13H2,1-2H3,(H,23,24). The third-order valence-electron chi connectivity index (χ3n) is 3.88. The topological polar surface area (TPSA) is 38.3 Å². The van der Waals surface area contributed by atoms with Gasteiger partial charge in [-0.05, 0) is 42.7 Å². The van der Waals surface area contributed by atoms with Crippen molar-refractivity contribution in [1.82, 2.24) is 5.32 Å². The molecule has 0 fully saturated rings. The van der Waals surface area contributed by atoms with Gasteiger partial charge in [-0.15, -0.1) is 0 Å². The van der Waals surface area contributed by atoms with Crippen LogP contribution in [0.25, 0.3) is 0 Å². The number of carbonyl (C=O) groups excluding carboxylic acids is 1. The summed E-state index contributed by atoms with van der Waals surface area (Å²) in [5.41, 5.74) is 1.95. The highest BCUT2D eigenvalue weighted by Crippen LogP contribution is 2.28. The lowest BCUT2D eigenvalue weighted by Gasteiger charge is -2.18. The second kappa shape index (κ2) is 10.7. The number of para-hydroxylation sites is 1. The van der Waals surface area contributed by atoms with Crippen LogP contribution in [0.2, 0.25) is 10.0 Å². The van der Waals surface area contributed by atoms with Gasteiger partial charge in [0.05, 0.1) is 0 Å². The number of rotatable bonds is 9. The molecule has 0 aliphatic heterocycles. The molecule has 2 aromatic rings. The summed E-state index contributed by atoms with van der Waals surface area (Å²) in [5, 5.41) is 4.28. The maximum Gasteiger partial charge on any atom is 0.261 e. The van der Waals surface area contributed by atoms with Crippen LogP contribution in [-0.4, -0.2) is 24.3 Å². The summed E-state index contributed by atoms with van der Waals surface area (Å²) in [7, 11) is 0. The van der Waals surface area contributed by atoms with E-state index < -0.39 is 6.10 Å². The van der Waals surface area contributed by atoms with Crippen LogP contribution in [0.5, 0.6) is 5.75 Å². The zero-order valence-electron chi connectivity index (χ0n) is 14.9. The highest BCUT2D eigenvalue weighted by atomic mass is 35.5. The van der Waals surface area contributed by atoms with Crippen molar-refractivity contribution in [3.8, 4) is 5.75 Å². The lowest BCUT2D eigenvalue weighted by atomic mass is 10.2. The molecule has 0 saturated carbocycles. The van der Waals surface area contributed by atoms with Crippen molar-refractivity contribution in [3.63, 3.8) is 0 Å². The number of thioether (sulfide) groups is 1. The fourth-order valence-electron chi connectivity index (χ4n) is 2.37. The molecule has 2 rings (SSSR count). The molecule has 1 atom stereocenters. The van der Waals surface area contributed by atoms with Gasteiger partial charge in [0.2, 0.25) is 0 Å². The molecule has 6 heteroatoms. The first-order chi connectivity index (χ1) is 12.5. The van der Waals surface area contributed by atoms with Gasteiger partial charge < -0.3 is 10.1 Å². The third kappa shape index (κ3) is 6.11. The molecule has 2 aromatic carbocycles. The van der Waals surface area contributed by atoms with Crippen molar-refractivity contribution < 1.29 is 9.53 Å². The number of amides is 1. The van der Waals surface area contributed by atoms with Crippen LogP contribution in [-0.2, 0) is 10.5 Å². The Labute approximate surface area is 169 Å². The van der Waals surface area contributed by atoms with Crippen molar-refractivity contribution in [2.45, 2.75) is 32.1 Å². The first-order valence-corrected chi connectivity index (χ1v) is 10.4. The van der Waals surface area contributed by atoms with Gasteiger partial charge >= 0.3 is 0 Å². The predicted molar refractivity (Wildman–Crippen MR) is 112 cm³/mol. The van der Waals surface area contributed by atoms with Gasteiger partial charge in [0, 0.05) is 28.1 Å². The van der Waals surface area contributed by atoms with E-state index in [4.69, 9.17) is 27.9 Å². The number of hydrogen-bond donors (Lipinski definition) is 1. The quantitative estimate of drug-likeness (QED) is 0.552. The maximum atomic E-state index is 12.3. The SMILES string of the molecule is CCC(Oc1ccccc1C)C(=O)NCCSCc1c(Cl)cccc1Cl. The van der Waals surface area contributed by atoms with Gasteiger partial charge in [-0.2, -0.15) is 11.8 Å². The van der Waals surface area contributed by atoms with Gasteiger partial charge in [-0.1, -0.05) is 54.4 Å². The fourth-order valence-corrected chi connectivity index (χ4v) is 3.96. The van der Waals surface area contributed by atoms with Gasteiger partial charge in [-0.25, -0.2) is 0 Å². The minimum atomic E-state index is -0.487. The minimum absolute atomic E-state index is 0.0906. The van der Waals surface area contributed by atoms with Crippen molar-refractivity contribution in [2.75, 3.05) is 12.3 Å². The summed E-state index contributed by atoms with van der Waals surface area (Å²) in [6, 6.07) is 13.2. The Kier molecular flexibility index (Phi) is 8.63. The van der Waals surface area contributed by atoms with E-state index >= 15 is 0 Å². The van der Waals surface area contributed by atoms with Crippen LogP contribution in [0.1, 0.15) is 24.5 Å². The highest BCUT2D eigenvalue weighted by Gasteiger charge is 2.18. The van der Waals surface area contributed by atoms with Gasteiger partial charge in [0.1, 0.15) is 5.75 Å². The number of carbonyl (C=O) groups is 1. The van der Waals surface area contributed by atoms with E-state index in [9.17, 15) is 4.79 Å². The Morgan fingerprint density at radius 2 is 1.85 bits per heavy atom. The monoisotopic (exact) mass is 411 g/mol. The second-order valence-electron chi connectivity index (χ2n) is 5.82. The van der Waals surface area contributed by atoms with E-state index in [1.807, 2.05) is 56.3 Å². The summed E-state index contributed by atoms with van der Waals surface area (Å²) in [4.78, 5) is 12.3. The van der Waals surface area contributed by atoms with Crippen molar-refractivity contribution in [3.05, 3.63) is 63.6 Å². The molecule has 1 N–H and O–H groups in total. The zero-order valence-corrected chi connectivity index (χ0v) is 17.3. The van der Waals surface area contributed by atoms with Crippen LogP contribution in [0.3, 0.4) is 0 Å². The van der Waals surface area contributed by atoms with E-state index in [2.05, 4.69) is 5.32 Å². The Morgan fingerprint density at radius 1 is 1.15 bits per heavy atom. The highest BCUT2D eigenvalue weighted by molar-refractivity contribution is 7.98. The van der Waals surface area contributed by atoms with Crippen LogP contribution in [0.4, 0.5) is 0 Å². The number of aryl methyl sites for hydroxylation is 1. The Bertz CT molecular complexity index is 719. The van der Waals surface area contributed by atoms with E-state index in [-0.39, 0.29) is 5.91 Å². The van der Waals surface area contributed by atoms with Crippen molar-refractivity contribution in [1.29, 1.82) is 0 Å². The third-order valence-corrected chi connectivity index (χ3v) is 5.57. The Balaban J connectivity index is 1.76. The molecule has 0 radical (unpaired) electrons. The molecule has 140 valence electrons. The number of halogens is 2. The summed E-state index contributed by atoms with van der Waals surface area (Å²) < 4.78 is 5.86. The van der Waals surface area contributed by atoms with E-state index in [0.29, 0.717) is 28.8 Å². The van der Waals surface area contributed by atoms with Crippen molar-refractivity contribution in [2.24, 2.45) is 0 Å². The first-order valence-electron chi connectivity index (χ1n) is 8.53. The number of ether oxygens (including phenoxy) is 1. The number of nitrogens with one attached hydrogen (secondary N) is 1. The normalized spacial score (nSPS) is 11.8. The van der Waals surface area contributed by atoms with Gasteiger partial charge in [-0.3, -0.25) is 4.79 Å². The molecule has 0 aliphatic rings. The number of hydrogen-bond acceptors (Lipinski definition) is 3. The Hall–Kier alpha value is -1.36. The molecule has 26 heavy (non-hydrogen) atoms. The predicted octanol–water partition coefficient (Wildman–Crippen LogP) is 5.51. The molecule has 1 unspecified atom stereocenters. The zero-order chi connectivity index (χ0) is 18.9. The maximum absolute atomic E-state index is 12.3. The Morgan fingerprint density at radius 3 is 2.50 bits per heavy atom. The number of benzene rings is 2. The fraction of sp³-hybridized carbons (Fsp3) is 0.350. The van der Waals surface area contributed by atoms with Crippen LogP contribution < -0.4 is 10.1 Å². The first kappa shape index (κ1) is 20.9. The smallest absolute Gasteiger partial charge is 0.261 e. The molecule has 3 nitrogen and oxygen atoms in total. The molecule has 0 aliphatic carbocycles.